The Morgan fingerprint density at radius 3 is 2.61 bits per heavy atom. The first-order valence-electron chi connectivity index (χ1n) is 10.4. The summed E-state index contributed by atoms with van der Waals surface area (Å²) < 4.78 is 5.47. The van der Waals surface area contributed by atoms with Gasteiger partial charge in [0.25, 0.3) is 0 Å². The number of anilines is 2. The number of morpholine rings is 1. The molecule has 0 atom stereocenters. The van der Waals surface area contributed by atoms with Crippen LogP contribution in [0.5, 0.6) is 0 Å². The molecule has 0 radical (unpaired) electrons. The van der Waals surface area contributed by atoms with E-state index in [0.29, 0.717) is 6.04 Å². The van der Waals surface area contributed by atoms with E-state index in [-0.39, 0.29) is 0 Å². The van der Waals surface area contributed by atoms with Crippen molar-refractivity contribution in [2.75, 3.05) is 49.2 Å². The number of aromatic amines is 1. The molecule has 0 amide bonds. The van der Waals surface area contributed by atoms with Crippen LogP contribution in [0.4, 0.5) is 11.8 Å². The first-order chi connectivity index (χ1) is 13.7. The number of piperidine rings is 1. The van der Waals surface area contributed by atoms with E-state index in [1.165, 1.54) is 0 Å². The van der Waals surface area contributed by atoms with Gasteiger partial charge in [-0.2, -0.15) is 4.98 Å². The Kier molecular flexibility index (Phi) is 6.07. The molecular weight excluding hydrogens is 354 g/mol. The van der Waals surface area contributed by atoms with E-state index in [4.69, 9.17) is 14.7 Å². The lowest BCUT2D eigenvalue weighted by atomic mass is 10.0. The average Bonchev–Trinajstić information content (AvgIpc) is 3.18. The average molecular weight is 386 g/mol. The summed E-state index contributed by atoms with van der Waals surface area (Å²) >= 11 is 0. The van der Waals surface area contributed by atoms with Gasteiger partial charge in [-0.15, -0.1) is 0 Å². The third-order valence-electron chi connectivity index (χ3n) is 5.54. The van der Waals surface area contributed by atoms with Gasteiger partial charge in [-0.05, 0) is 26.2 Å². The maximum atomic E-state index is 5.47. The number of aromatic nitrogens is 4. The molecule has 2 aliphatic rings. The third kappa shape index (κ3) is 4.62. The lowest BCUT2D eigenvalue weighted by molar-refractivity contribution is 0.122. The number of hydrogen-bond acceptors (Lipinski definition) is 7. The maximum Gasteiger partial charge on any atom is 0.227 e. The second-order valence-electron chi connectivity index (χ2n) is 7.63. The van der Waals surface area contributed by atoms with Gasteiger partial charge in [0, 0.05) is 55.9 Å². The third-order valence-corrected chi connectivity index (χ3v) is 5.54. The van der Waals surface area contributed by atoms with Crippen LogP contribution in [0.15, 0.2) is 12.3 Å². The zero-order chi connectivity index (χ0) is 19.3. The summed E-state index contributed by atoms with van der Waals surface area (Å²) in [4.78, 5) is 22.0. The minimum absolute atomic E-state index is 0.521. The van der Waals surface area contributed by atoms with Crippen LogP contribution >= 0.6 is 0 Å². The minimum Gasteiger partial charge on any atom is -0.378 e. The first kappa shape index (κ1) is 19.1. The van der Waals surface area contributed by atoms with Crippen molar-refractivity contribution in [3.05, 3.63) is 29.5 Å². The van der Waals surface area contributed by atoms with Crippen molar-refractivity contribution in [1.29, 1.82) is 0 Å². The van der Waals surface area contributed by atoms with Crippen molar-refractivity contribution in [2.24, 2.45) is 0 Å². The number of rotatable bonds is 6. The highest BCUT2D eigenvalue weighted by atomic mass is 16.5. The number of nitrogens with one attached hydrogen (secondary N) is 2. The van der Waals surface area contributed by atoms with Crippen LogP contribution in [-0.2, 0) is 17.7 Å². The molecule has 4 heterocycles. The highest BCUT2D eigenvalue weighted by molar-refractivity contribution is 5.46. The quantitative estimate of drug-likeness (QED) is 0.783. The predicted molar refractivity (Wildman–Crippen MR) is 110 cm³/mol. The molecule has 2 fully saturated rings. The monoisotopic (exact) mass is 385 g/mol. The molecule has 0 spiro atoms. The van der Waals surface area contributed by atoms with E-state index in [9.17, 15) is 0 Å². The fourth-order valence-corrected chi connectivity index (χ4v) is 3.83. The second kappa shape index (κ2) is 8.87. The van der Waals surface area contributed by atoms with Gasteiger partial charge in [0.15, 0.2) is 0 Å². The van der Waals surface area contributed by atoms with E-state index in [2.05, 4.69) is 38.1 Å². The Morgan fingerprint density at radius 2 is 1.93 bits per heavy atom. The number of hydrogen-bond donors (Lipinski definition) is 2. The fourth-order valence-electron chi connectivity index (χ4n) is 3.83. The zero-order valence-corrected chi connectivity index (χ0v) is 16.9. The van der Waals surface area contributed by atoms with Crippen molar-refractivity contribution in [1.82, 2.24) is 25.3 Å². The summed E-state index contributed by atoms with van der Waals surface area (Å²) in [5.41, 5.74) is 2.22. The molecule has 8 nitrogen and oxygen atoms in total. The molecule has 8 heteroatoms. The Labute approximate surface area is 166 Å². The van der Waals surface area contributed by atoms with Crippen LogP contribution in [0.25, 0.3) is 0 Å². The van der Waals surface area contributed by atoms with Crippen LogP contribution in [0, 0.1) is 6.92 Å². The number of imidazole rings is 1. The van der Waals surface area contributed by atoms with E-state index >= 15 is 0 Å². The summed E-state index contributed by atoms with van der Waals surface area (Å²) in [6, 6.07) is 2.68. The molecule has 28 heavy (non-hydrogen) atoms. The Bertz CT molecular complexity index is 764. The van der Waals surface area contributed by atoms with Gasteiger partial charge in [-0.1, -0.05) is 6.92 Å². The Hall–Kier alpha value is -2.19. The van der Waals surface area contributed by atoms with E-state index in [1.807, 2.05) is 13.1 Å². The van der Waals surface area contributed by atoms with Gasteiger partial charge in [-0.25, -0.2) is 9.97 Å². The van der Waals surface area contributed by atoms with Gasteiger partial charge in [-0.3, -0.25) is 0 Å². The largest absolute Gasteiger partial charge is 0.378 e. The Balaban J connectivity index is 1.36. The van der Waals surface area contributed by atoms with Crippen molar-refractivity contribution in [3.8, 4) is 0 Å². The van der Waals surface area contributed by atoms with E-state index in [0.717, 1.165) is 94.2 Å². The molecule has 0 unspecified atom stereocenters. The Morgan fingerprint density at radius 1 is 1.14 bits per heavy atom. The molecule has 0 bridgehead atoms. The number of ether oxygens (including phenoxy) is 1. The van der Waals surface area contributed by atoms with Crippen molar-refractivity contribution in [3.63, 3.8) is 0 Å². The lowest BCUT2D eigenvalue weighted by Gasteiger charge is -2.34. The second-order valence-corrected chi connectivity index (χ2v) is 7.63. The summed E-state index contributed by atoms with van der Waals surface area (Å²) in [5.74, 6) is 2.93. The standard InChI is InChI=1S/C20H31N7O/c1-3-16-12-19(25-20(24-16)27-8-10-28-11-9-27)26-6-4-17(5-7-26)21-14-18-22-13-15(2)23-18/h12-13,17,21H,3-11,14H2,1-2H3,(H,22,23). The van der Waals surface area contributed by atoms with E-state index < -0.39 is 0 Å². The van der Waals surface area contributed by atoms with Crippen molar-refractivity contribution >= 4 is 11.8 Å². The van der Waals surface area contributed by atoms with Gasteiger partial charge < -0.3 is 24.8 Å². The molecule has 2 N–H and O–H groups in total. The van der Waals surface area contributed by atoms with Crippen LogP contribution in [0.2, 0.25) is 0 Å². The molecule has 0 aliphatic carbocycles. The van der Waals surface area contributed by atoms with Gasteiger partial charge in [0.2, 0.25) is 5.95 Å². The predicted octanol–water partition coefficient (Wildman–Crippen LogP) is 1.67. The van der Waals surface area contributed by atoms with Crippen molar-refractivity contribution in [2.45, 2.75) is 45.7 Å². The molecular formula is C20H31N7O. The van der Waals surface area contributed by atoms with Gasteiger partial charge in [0.1, 0.15) is 11.6 Å². The van der Waals surface area contributed by atoms with Crippen LogP contribution < -0.4 is 15.1 Å². The highest BCUT2D eigenvalue weighted by Crippen LogP contribution is 2.22. The number of aryl methyl sites for hydroxylation is 2. The zero-order valence-electron chi connectivity index (χ0n) is 16.9. The van der Waals surface area contributed by atoms with Crippen LogP contribution in [-0.4, -0.2) is 65.4 Å². The lowest BCUT2D eigenvalue weighted by Crippen LogP contribution is -2.43. The summed E-state index contributed by atoms with van der Waals surface area (Å²) in [7, 11) is 0. The number of nitrogens with zero attached hydrogens (tertiary/aromatic N) is 5. The van der Waals surface area contributed by atoms with Crippen molar-refractivity contribution < 1.29 is 4.74 Å². The molecule has 2 aliphatic heterocycles. The van der Waals surface area contributed by atoms with Crippen LogP contribution in [0.3, 0.4) is 0 Å². The molecule has 2 aromatic rings. The number of H-pyrrole nitrogens is 1. The molecule has 4 rings (SSSR count). The molecule has 152 valence electrons. The van der Waals surface area contributed by atoms with E-state index in [1.54, 1.807) is 0 Å². The highest BCUT2D eigenvalue weighted by Gasteiger charge is 2.22. The summed E-state index contributed by atoms with van der Waals surface area (Å²) in [6.07, 6.45) is 5.02. The van der Waals surface area contributed by atoms with Crippen LogP contribution in [0.1, 0.15) is 37.0 Å². The van der Waals surface area contributed by atoms with Gasteiger partial charge >= 0.3 is 0 Å². The molecule has 0 saturated carbocycles. The molecule has 0 aromatic carbocycles. The summed E-state index contributed by atoms with van der Waals surface area (Å²) in [6.45, 7) is 10.2. The molecule has 2 aromatic heterocycles. The SMILES string of the molecule is CCc1cc(N2CCC(NCc3ncc(C)[nH]3)CC2)nc(N2CCOCC2)n1. The molecule has 2 saturated heterocycles. The normalized spacial score (nSPS) is 18.6. The topological polar surface area (TPSA) is 82.2 Å². The van der Waals surface area contributed by atoms with Gasteiger partial charge in [0.05, 0.1) is 19.8 Å². The first-order valence-corrected chi connectivity index (χ1v) is 10.4. The maximum absolute atomic E-state index is 5.47. The smallest absolute Gasteiger partial charge is 0.227 e. The minimum atomic E-state index is 0.521. The summed E-state index contributed by atoms with van der Waals surface area (Å²) in [5, 5.41) is 3.63. The fraction of sp³-hybridized carbons (Fsp3) is 0.650.